The average Bonchev–Trinajstić information content (AvgIpc) is 3.16. The molecule has 2 aliphatic heterocycles. The maximum absolute atomic E-state index is 14.6. The van der Waals surface area contributed by atoms with Gasteiger partial charge in [0.2, 0.25) is 5.88 Å². The van der Waals surface area contributed by atoms with Crippen LogP contribution in [0.2, 0.25) is 0 Å². The molecule has 2 aliphatic rings. The first-order valence-corrected chi connectivity index (χ1v) is 9.54. The van der Waals surface area contributed by atoms with Crippen LogP contribution in [0.5, 0.6) is 5.88 Å². The number of aliphatic imine (C=N–C) groups is 1. The number of nitrogens with zero attached hydrogens (tertiary/aromatic N) is 6. The normalized spacial score (nSPS) is 22.0. The molecule has 0 aliphatic carbocycles. The summed E-state index contributed by atoms with van der Waals surface area (Å²) >= 11 is 6.09. The second-order valence-electron chi connectivity index (χ2n) is 7.08. The number of hydrogen-bond donors (Lipinski definition) is 0. The van der Waals surface area contributed by atoms with Crippen molar-refractivity contribution in [2.24, 2.45) is 12.0 Å². The van der Waals surface area contributed by atoms with Gasteiger partial charge >= 0.3 is 0 Å². The predicted molar refractivity (Wildman–Crippen MR) is 106 cm³/mol. The Bertz CT molecular complexity index is 1030. The number of Topliss-reactive ketones (excluding diaryl/α,β-unsaturated/α-hetero) is 1. The van der Waals surface area contributed by atoms with Crippen molar-refractivity contribution >= 4 is 23.6 Å². The molecule has 29 heavy (non-hydrogen) atoms. The summed E-state index contributed by atoms with van der Waals surface area (Å²) in [4.78, 5) is 25.9. The number of ketones is 1. The number of dihydropyridines is 1. The number of alkyl halides is 1. The Morgan fingerprint density at radius 1 is 1.28 bits per heavy atom. The van der Waals surface area contributed by atoms with Gasteiger partial charge in [0.25, 0.3) is 0 Å². The fourth-order valence-corrected chi connectivity index (χ4v) is 3.81. The Morgan fingerprint density at radius 3 is 2.79 bits per heavy atom. The summed E-state index contributed by atoms with van der Waals surface area (Å²) in [6.45, 7) is 4.17. The molecule has 152 valence electrons. The molecule has 0 aromatic carbocycles. The third-order valence-corrected chi connectivity index (χ3v) is 5.54. The molecule has 0 amide bonds. The van der Waals surface area contributed by atoms with Crippen molar-refractivity contribution in [3.8, 4) is 17.1 Å². The summed E-state index contributed by atoms with van der Waals surface area (Å²) in [6, 6.07) is 1.68. The summed E-state index contributed by atoms with van der Waals surface area (Å²) in [5.41, 5.74) is 3.80. The number of halogens is 2. The van der Waals surface area contributed by atoms with Crippen LogP contribution in [-0.2, 0) is 11.8 Å². The standard InChI is InChI=1S/C19H20ClFN6O2/c1-10-18(11(2)26(3)25-10)13-4-17(24-9-23-13)29-16-8-27(7-12(16)21)14-5-22-6-15(28)19(14)20/h4-5,9,12,16H,6-8H2,1-3H3/t12-,16-/m0/s1. The van der Waals surface area contributed by atoms with E-state index in [0.717, 1.165) is 17.0 Å². The number of carbonyl (C=O) groups is 1. The quantitative estimate of drug-likeness (QED) is 0.755. The van der Waals surface area contributed by atoms with Crippen molar-refractivity contribution in [1.29, 1.82) is 0 Å². The first-order valence-electron chi connectivity index (χ1n) is 9.16. The third-order valence-electron chi connectivity index (χ3n) is 5.14. The number of allylic oxidation sites excluding steroid dienone is 1. The number of aryl methyl sites for hydroxylation is 2. The fraction of sp³-hybridized carbons (Fsp3) is 0.421. The minimum Gasteiger partial charge on any atom is -0.469 e. The number of hydrogen-bond acceptors (Lipinski definition) is 7. The van der Waals surface area contributed by atoms with E-state index in [-0.39, 0.29) is 36.3 Å². The lowest BCUT2D eigenvalue weighted by molar-refractivity contribution is -0.113. The van der Waals surface area contributed by atoms with Crippen LogP contribution in [-0.4, -0.2) is 68.6 Å². The summed E-state index contributed by atoms with van der Waals surface area (Å²) in [5, 5.41) is 4.48. The number of aromatic nitrogens is 4. The van der Waals surface area contributed by atoms with Gasteiger partial charge in [0.05, 0.1) is 30.2 Å². The van der Waals surface area contributed by atoms with Gasteiger partial charge in [-0.05, 0) is 13.8 Å². The summed E-state index contributed by atoms with van der Waals surface area (Å²) in [6.07, 6.45) is 0.881. The zero-order chi connectivity index (χ0) is 20.7. The van der Waals surface area contributed by atoms with Crippen molar-refractivity contribution in [2.75, 3.05) is 19.6 Å². The zero-order valence-corrected chi connectivity index (χ0v) is 17.0. The van der Waals surface area contributed by atoms with E-state index >= 15 is 0 Å². The first kappa shape index (κ1) is 19.5. The van der Waals surface area contributed by atoms with Gasteiger partial charge in [-0.25, -0.2) is 14.4 Å². The Labute approximate surface area is 172 Å². The van der Waals surface area contributed by atoms with Gasteiger partial charge in [0.15, 0.2) is 18.1 Å². The highest BCUT2D eigenvalue weighted by Gasteiger charge is 2.37. The molecular weight excluding hydrogens is 399 g/mol. The van der Waals surface area contributed by atoms with Crippen molar-refractivity contribution in [3.05, 3.63) is 34.5 Å². The van der Waals surface area contributed by atoms with Gasteiger partial charge in [-0.2, -0.15) is 5.10 Å². The Kier molecular flexibility index (Phi) is 5.08. The number of carbonyl (C=O) groups excluding carboxylic acids is 1. The average molecular weight is 419 g/mol. The van der Waals surface area contributed by atoms with E-state index in [2.05, 4.69) is 20.1 Å². The summed E-state index contributed by atoms with van der Waals surface area (Å²) in [5.74, 6) is 0.00668. The highest BCUT2D eigenvalue weighted by Crippen LogP contribution is 2.29. The van der Waals surface area contributed by atoms with Crippen LogP contribution in [0.25, 0.3) is 11.3 Å². The third kappa shape index (κ3) is 3.62. The molecule has 2 aromatic heterocycles. The predicted octanol–water partition coefficient (Wildman–Crippen LogP) is 2.00. The second kappa shape index (κ2) is 7.55. The molecule has 4 heterocycles. The molecule has 8 nitrogen and oxygen atoms in total. The van der Waals surface area contributed by atoms with E-state index < -0.39 is 12.3 Å². The van der Waals surface area contributed by atoms with Crippen molar-refractivity contribution in [3.63, 3.8) is 0 Å². The van der Waals surface area contributed by atoms with Crippen LogP contribution < -0.4 is 4.74 Å². The van der Waals surface area contributed by atoms with Gasteiger partial charge in [-0.3, -0.25) is 14.5 Å². The van der Waals surface area contributed by atoms with E-state index in [1.54, 1.807) is 15.6 Å². The maximum atomic E-state index is 14.6. The van der Waals surface area contributed by atoms with E-state index in [4.69, 9.17) is 16.3 Å². The highest BCUT2D eigenvalue weighted by molar-refractivity contribution is 6.44. The molecule has 0 radical (unpaired) electrons. The van der Waals surface area contributed by atoms with Gasteiger partial charge < -0.3 is 9.64 Å². The molecule has 1 saturated heterocycles. The number of likely N-dealkylation sites (tertiary alicyclic amines) is 1. The van der Waals surface area contributed by atoms with Gasteiger partial charge in [-0.1, -0.05) is 11.6 Å². The van der Waals surface area contributed by atoms with Crippen LogP contribution in [0, 0.1) is 13.8 Å². The van der Waals surface area contributed by atoms with E-state index in [9.17, 15) is 9.18 Å². The Balaban J connectivity index is 1.54. The largest absolute Gasteiger partial charge is 0.469 e. The van der Waals surface area contributed by atoms with E-state index in [0.29, 0.717) is 11.4 Å². The van der Waals surface area contributed by atoms with Crippen LogP contribution in [0.3, 0.4) is 0 Å². The molecule has 2 atom stereocenters. The van der Waals surface area contributed by atoms with Gasteiger partial charge in [-0.15, -0.1) is 0 Å². The topological polar surface area (TPSA) is 85.5 Å². The molecular formula is C19H20ClFN6O2. The zero-order valence-electron chi connectivity index (χ0n) is 16.3. The van der Waals surface area contributed by atoms with Crippen molar-refractivity contribution < 1.29 is 13.9 Å². The molecule has 4 rings (SSSR count). The van der Waals surface area contributed by atoms with Crippen molar-refractivity contribution in [1.82, 2.24) is 24.6 Å². The summed E-state index contributed by atoms with van der Waals surface area (Å²) in [7, 11) is 1.87. The van der Waals surface area contributed by atoms with Gasteiger partial charge in [0.1, 0.15) is 17.9 Å². The van der Waals surface area contributed by atoms with E-state index in [1.807, 2.05) is 20.9 Å². The lowest BCUT2D eigenvalue weighted by Crippen LogP contribution is -2.29. The van der Waals surface area contributed by atoms with Crippen LogP contribution >= 0.6 is 11.6 Å². The summed E-state index contributed by atoms with van der Waals surface area (Å²) < 4.78 is 22.3. The number of rotatable bonds is 4. The van der Waals surface area contributed by atoms with Gasteiger partial charge in [0, 0.05) is 30.6 Å². The molecule has 1 fully saturated rings. The molecule has 0 bridgehead atoms. The molecule has 10 heteroatoms. The molecule has 0 unspecified atom stereocenters. The minimum absolute atomic E-state index is 0.0199. The Hall–Kier alpha value is -2.81. The molecule has 0 N–H and O–H groups in total. The molecule has 0 spiro atoms. The van der Waals surface area contributed by atoms with Crippen LogP contribution in [0.4, 0.5) is 4.39 Å². The second-order valence-corrected chi connectivity index (χ2v) is 7.46. The highest BCUT2D eigenvalue weighted by atomic mass is 35.5. The lowest BCUT2D eigenvalue weighted by Gasteiger charge is -2.21. The van der Waals surface area contributed by atoms with Crippen LogP contribution in [0.15, 0.2) is 28.1 Å². The molecule has 2 aromatic rings. The Morgan fingerprint density at radius 2 is 2.07 bits per heavy atom. The smallest absolute Gasteiger partial charge is 0.217 e. The van der Waals surface area contributed by atoms with Crippen LogP contribution in [0.1, 0.15) is 11.4 Å². The van der Waals surface area contributed by atoms with Crippen molar-refractivity contribution in [2.45, 2.75) is 26.1 Å². The first-order chi connectivity index (χ1) is 13.8. The maximum Gasteiger partial charge on any atom is 0.217 e. The number of ether oxygens (including phenoxy) is 1. The molecule has 0 saturated carbocycles. The monoisotopic (exact) mass is 418 g/mol. The minimum atomic E-state index is -1.27. The lowest BCUT2D eigenvalue weighted by atomic mass is 10.1. The SMILES string of the molecule is Cc1nn(C)c(C)c1-c1cc(O[C@H]2CN(C3=C(Cl)C(=O)CN=C3)C[C@@H]2F)ncn1. The fourth-order valence-electron chi connectivity index (χ4n) is 3.59. The van der Waals surface area contributed by atoms with E-state index in [1.165, 1.54) is 12.5 Å².